The lowest BCUT2D eigenvalue weighted by Crippen LogP contribution is -2.43. The summed E-state index contributed by atoms with van der Waals surface area (Å²) in [5.41, 5.74) is 0. The lowest BCUT2D eigenvalue weighted by atomic mass is 10.3. The van der Waals surface area contributed by atoms with Gasteiger partial charge >= 0.3 is 5.97 Å². The molecule has 0 bridgehead atoms. The number of carbonyl (C=O) groups is 2. The molecule has 0 radical (unpaired) electrons. The molecule has 2 N–H and O–H groups in total. The van der Waals surface area contributed by atoms with Crippen molar-refractivity contribution in [1.29, 1.82) is 0 Å². The fourth-order valence-electron chi connectivity index (χ4n) is 1.14. The van der Waals surface area contributed by atoms with Crippen LogP contribution < -0.4 is 5.32 Å². The monoisotopic (exact) mass is 317 g/mol. The predicted molar refractivity (Wildman–Crippen MR) is 66.9 cm³/mol. The standard InChI is InChI=1S/C11H12BrNO5/c1-17-6-8(11(15)16)13-10(14)5-3-7-2-4-9(12)18-7/h2-5,8H,6H2,1H3,(H,13,14)(H,15,16)/b5-3+. The molecule has 0 aliphatic heterocycles. The van der Waals surface area contributed by atoms with Gasteiger partial charge in [-0.25, -0.2) is 4.79 Å². The number of amides is 1. The molecule has 1 amide bonds. The van der Waals surface area contributed by atoms with E-state index in [9.17, 15) is 9.59 Å². The maximum atomic E-state index is 11.4. The molecular formula is C11H12BrNO5. The first-order valence-corrected chi connectivity index (χ1v) is 5.78. The van der Waals surface area contributed by atoms with Crippen molar-refractivity contribution in [3.63, 3.8) is 0 Å². The lowest BCUT2D eigenvalue weighted by molar-refractivity contribution is -0.142. The topological polar surface area (TPSA) is 88.8 Å². The van der Waals surface area contributed by atoms with Crippen molar-refractivity contribution in [3.8, 4) is 0 Å². The van der Waals surface area contributed by atoms with Crippen molar-refractivity contribution < 1.29 is 23.8 Å². The minimum Gasteiger partial charge on any atom is -0.480 e. The van der Waals surface area contributed by atoms with Crippen LogP contribution in [0.2, 0.25) is 0 Å². The normalized spacial score (nSPS) is 12.6. The molecule has 18 heavy (non-hydrogen) atoms. The third-order valence-electron chi connectivity index (χ3n) is 1.94. The van der Waals surface area contributed by atoms with Crippen molar-refractivity contribution in [2.75, 3.05) is 13.7 Å². The summed E-state index contributed by atoms with van der Waals surface area (Å²) in [6, 6.07) is 2.27. The van der Waals surface area contributed by atoms with Crippen molar-refractivity contribution in [3.05, 3.63) is 28.6 Å². The van der Waals surface area contributed by atoms with Crippen LogP contribution in [0.5, 0.6) is 0 Å². The second kappa shape index (κ2) is 6.97. The van der Waals surface area contributed by atoms with E-state index in [1.807, 2.05) is 0 Å². The molecular weight excluding hydrogens is 306 g/mol. The highest BCUT2D eigenvalue weighted by Gasteiger charge is 2.18. The zero-order valence-corrected chi connectivity index (χ0v) is 11.1. The minimum absolute atomic E-state index is 0.0960. The minimum atomic E-state index is -1.15. The van der Waals surface area contributed by atoms with Gasteiger partial charge in [-0.3, -0.25) is 4.79 Å². The number of halogens is 1. The summed E-state index contributed by atoms with van der Waals surface area (Å²) >= 11 is 3.12. The molecule has 1 heterocycles. The lowest BCUT2D eigenvalue weighted by Gasteiger charge is -2.11. The van der Waals surface area contributed by atoms with Crippen LogP contribution in [0.3, 0.4) is 0 Å². The Balaban J connectivity index is 2.54. The first-order valence-electron chi connectivity index (χ1n) is 4.98. The van der Waals surface area contributed by atoms with Gasteiger partial charge in [-0.2, -0.15) is 0 Å². The molecule has 0 saturated heterocycles. The van der Waals surface area contributed by atoms with Gasteiger partial charge in [0.1, 0.15) is 5.76 Å². The molecule has 7 heteroatoms. The Labute approximate surface area is 112 Å². The smallest absolute Gasteiger partial charge is 0.328 e. The highest BCUT2D eigenvalue weighted by molar-refractivity contribution is 9.10. The number of furan rings is 1. The van der Waals surface area contributed by atoms with E-state index in [2.05, 4.69) is 26.0 Å². The van der Waals surface area contributed by atoms with Crippen LogP contribution in [0.15, 0.2) is 27.3 Å². The number of ether oxygens (including phenoxy) is 1. The van der Waals surface area contributed by atoms with Gasteiger partial charge in [0.15, 0.2) is 10.7 Å². The highest BCUT2D eigenvalue weighted by atomic mass is 79.9. The van der Waals surface area contributed by atoms with Crippen molar-refractivity contribution >= 4 is 33.9 Å². The van der Waals surface area contributed by atoms with Crippen molar-refractivity contribution in [2.45, 2.75) is 6.04 Å². The van der Waals surface area contributed by atoms with Gasteiger partial charge in [-0.15, -0.1) is 0 Å². The quantitative estimate of drug-likeness (QED) is 0.771. The van der Waals surface area contributed by atoms with E-state index in [4.69, 9.17) is 9.52 Å². The van der Waals surface area contributed by atoms with Gasteiger partial charge < -0.3 is 19.6 Å². The van der Waals surface area contributed by atoms with E-state index in [1.54, 1.807) is 12.1 Å². The summed E-state index contributed by atoms with van der Waals surface area (Å²) in [4.78, 5) is 22.2. The zero-order valence-electron chi connectivity index (χ0n) is 9.55. The van der Waals surface area contributed by atoms with Crippen LogP contribution in [0.25, 0.3) is 6.08 Å². The van der Waals surface area contributed by atoms with Crippen LogP contribution in [0.1, 0.15) is 5.76 Å². The molecule has 0 spiro atoms. The zero-order chi connectivity index (χ0) is 13.5. The molecule has 98 valence electrons. The molecule has 1 rings (SSSR count). The average Bonchev–Trinajstić information content (AvgIpc) is 2.72. The van der Waals surface area contributed by atoms with Crippen molar-refractivity contribution in [2.24, 2.45) is 0 Å². The Kier molecular flexibility index (Phi) is 5.60. The maximum absolute atomic E-state index is 11.4. The van der Waals surface area contributed by atoms with Gasteiger partial charge in [0.25, 0.3) is 0 Å². The van der Waals surface area contributed by atoms with Crippen LogP contribution in [-0.2, 0) is 14.3 Å². The first kappa shape index (κ1) is 14.5. The van der Waals surface area contributed by atoms with Crippen LogP contribution in [-0.4, -0.2) is 36.7 Å². The largest absolute Gasteiger partial charge is 0.480 e. The number of nitrogens with one attached hydrogen (secondary N) is 1. The molecule has 6 nitrogen and oxygen atoms in total. The third kappa shape index (κ3) is 4.72. The average molecular weight is 318 g/mol. The SMILES string of the molecule is COCC(NC(=O)/C=C/c1ccc(Br)o1)C(=O)O. The molecule has 1 aromatic rings. The number of rotatable bonds is 6. The van der Waals surface area contributed by atoms with Gasteiger partial charge in [0, 0.05) is 13.2 Å². The molecule has 1 atom stereocenters. The van der Waals surface area contributed by atoms with Crippen molar-refractivity contribution in [1.82, 2.24) is 5.32 Å². The van der Waals surface area contributed by atoms with Gasteiger partial charge in [-0.1, -0.05) is 0 Å². The van der Waals surface area contributed by atoms with E-state index in [0.717, 1.165) is 0 Å². The number of hydrogen-bond acceptors (Lipinski definition) is 4. The number of hydrogen-bond donors (Lipinski definition) is 2. The van der Waals surface area contributed by atoms with Crippen LogP contribution in [0.4, 0.5) is 0 Å². The Morgan fingerprint density at radius 2 is 2.33 bits per heavy atom. The number of methoxy groups -OCH3 is 1. The summed E-state index contributed by atoms with van der Waals surface area (Å²) in [7, 11) is 1.36. The second-order valence-electron chi connectivity index (χ2n) is 3.33. The van der Waals surface area contributed by atoms with Crippen LogP contribution in [0, 0.1) is 0 Å². The second-order valence-corrected chi connectivity index (χ2v) is 4.11. The van der Waals surface area contributed by atoms with Gasteiger partial charge in [0.2, 0.25) is 5.91 Å². The van der Waals surface area contributed by atoms with Gasteiger partial charge in [-0.05, 0) is 34.1 Å². The fourth-order valence-corrected chi connectivity index (χ4v) is 1.46. The fraction of sp³-hybridized carbons (Fsp3) is 0.273. The maximum Gasteiger partial charge on any atom is 0.328 e. The van der Waals surface area contributed by atoms with E-state index >= 15 is 0 Å². The third-order valence-corrected chi connectivity index (χ3v) is 2.37. The molecule has 1 unspecified atom stereocenters. The first-order chi connectivity index (χ1) is 8.52. The van der Waals surface area contributed by atoms with E-state index in [0.29, 0.717) is 10.4 Å². The molecule has 0 aromatic carbocycles. The summed E-state index contributed by atoms with van der Waals surface area (Å²) in [5.74, 6) is -1.21. The Morgan fingerprint density at radius 1 is 1.61 bits per heavy atom. The number of carbonyl (C=O) groups excluding carboxylic acids is 1. The number of carboxylic acid groups (broad SMARTS) is 1. The number of aliphatic carboxylic acids is 1. The number of carboxylic acids is 1. The molecule has 1 aromatic heterocycles. The highest BCUT2D eigenvalue weighted by Crippen LogP contribution is 2.14. The molecule has 0 aliphatic rings. The van der Waals surface area contributed by atoms with Gasteiger partial charge in [0.05, 0.1) is 6.61 Å². The van der Waals surface area contributed by atoms with Crippen LogP contribution >= 0.6 is 15.9 Å². The van der Waals surface area contributed by atoms with E-state index < -0.39 is 17.9 Å². The molecule has 0 fully saturated rings. The summed E-state index contributed by atoms with van der Waals surface area (Å²) in [6.45, 7) is -0.0960. The Hall–Kier alpha value is -1.60. The Morgan fingerprint density at radius 3 is 2.83 bits per heavy atom. The summed E-state index contributed by atoms with van der Waals surface area (Å²) < 4.78 is 10.4. The predicted octanol–water partition coefficient (Wildman–Crippen LogP) is 1.27. The Bertz CT molecular complexity index is 454. The summed E-state index contributed by atoms with van der Waals surface area (Å²) in [6.07, 6.45) is 2.63. The molecule has 0 saturated carbocycles. The summed E-state index contributed by atoms with van der Waals surface area (Å²) in [5, 5.41) is 11.1. The molecule has 0 aliphatic carbocycles. The van der Waals surface area contributed by atoms with E-state index in [-0.39, 0.29) is 6.61 Å². The van der Waals surface area contributed by atoms with E-state index in [1.165, 1.54) is 19.3 Å².